The highest BCUT2D eigenvalue weighted by atomic mass is 79.9. The second kappa shape index (κ2) is 8.63. The smallest absolute Gasteiger partial charge is 0.230 e. The average Bonchev–Trinajstić information content (AvgIpc) is 2.65. The summed E-state index contributed by atoms with van der Waals surface area (Å²) >= 11 is 4.93. The van der Waals surface area contributed by atoms with Crippen molar-refractivity contribution in [1.29, 1.82) is 0 Å². The Hall–Kier alpha value is -1.66. The Morgan fingerprint density at radius 2 is 1.88 bits per heavy atom. The van der Waals surface area contributed by atoms with Gasteiger partial charge in [-0.3, -0.25) is 4.79 Å². The molecule has 0 fully saturated rings. The van der Waals surface area contributed by atoms with Gasteiger partial charge in [0.1, 0.15) is 13.2 Å². The Morgan fingerprint density at radius 3 is 2.60 bits per heavy atom. The first-order valence-electron chi connectivity index (χ1n) is 8.23. The highest BCUT2D eigenvalue weighted by Crippen LogP contribution is 2.34. The predicted octanol–water partition coefficient (Wildman–Crippen LogP) is 4.58. The Balaban J connectivity index is 1.56. The van der Waals surface area contributed by atoms with Crippen molar-refractivity contribution in [3.63, 3.8) is 0 Å². The maximum absolute atomic E-state index is 12.3. The second-order valence-electron chi connectivity index (χ2n) is 5.67. The van der Waals surface area contributed by atoms with Crippen molar-refractivity contribution in [1.82, 2.24) is 5.32 Å². The Labute approximate surface area is 160 Å². The van der Waals surface area contributed by atoms with E-state index in [9.17, 15) is 4.79 Å². The standard InChI is InChI=1S/C19H20BrNO3S/c1-2-16(13-3-5-14(20)6-4-13)21-19(22)12-25-15-7-8-17-18(11-15)24-10-9-23-17/h3-8,11,16H,2,9-10,12H2,1H3,(H,21,22). The lowest BCUT2D eigenvalue weighted by Gasteiger charge is -2.19. The molecule has 1 unspecified atom stereocenters. The SMILES string of the molecule is CCC(NC(=O)CSc1ccc2c(c1)OCCO2)c1ccc(Br)cc1. The van der Waals surface area contributed by atoms with Crippen molar-refractivity contribution in [3.05, 3.63) is 52.5 Å². The molecule has 25 heavy (non-hydrogen) atoms. The third-order valence-electron chi connectivity index (χ3n) is 3.90. The topological polar surface area (TPSA) is 47.6 Å². The number of nitrogens with one attached hydrogen (secondary N) is 1. The van der Waals surface area contributed by atoms with Crippen LogP contribution in [0.15, 0.2) is 51.8 Å². The van der Waals surface area contributed by atoms with E-state index in [1.54, 1.807) is 0 Å². The minimum absolute atomic E-state index is 0.0228. The maximum Gasteiger partial charge on any atom is 0.230 e. The Bertz CT molecular complexity index is 736. The van der Waals surface area contributed by atoms with Gasteiger partial charge in [0, 0.05) is 9.37 Å². The summed E-state index contributed by atoms with van der Waals surface area (Å²) in [6, 6.07) is 13.9. The van der Waals surface area contributed by atoms with E-state index in [4.69, 9.17) is 9.47 Å². The maximum atomic E-state index is 12.3. The molecule has 0 aliphatic carbocycles. The highest BCUT2D eigenvalue weighted by Gasteiger charge is 2.15. The van der Waals surface area contributed by atoms with Crippen LogP contribution in [-0.4, -0.2) is 24.9 Å². The lowest BCUT2D eigenvalue weighted by molar-refractivity contribution is -0.119. The molecule has 1 aliphatic heterocycles. The molecule has 6 heteroatoms. The molecule has 2 aromatic carbocycles. The highest BCUT2D eigenvalue weighted by molar-refractivity contribution is 9.10. The molecular formula is C19H20BrNO3S. The van der Waals surface area contributed by atoms with Gasteiger partial charge in [-0.15, -0.1) is 11.8 Å². The van der Waals surface area contributed by atoms with Gasteiger partial charge in [0.25, 0.3) is 0 Å². The number of benzene rings is 2. The normalized spacial score (nSPS) is 14.0. The molecule has 0 aromatic heterocycles. The number of carbonyl (C=O) groups is 1. The summed E-state index contributed by atoms with van der Waals surface area (Å²) in [7, 11) is 0. The number of amides is 1. The molecule has 1 amide bonds. The first-order valence-corrected chi connectivity index (χ1v) is 10.0. The van der Waals surface area contributed by atoms with Crippen LogP contribution in [-0.2, 0) is 4.79 Å². The predicted molar refractivity (Wildman–Crippen MR) is 103 cm³/mol. The number of rotatable bonds is 6. The van der Waals surface area contributed by atoms with Gasteiger partial charge in [-0.25, -0.2) is 0 Å². The summed E-state index contributed by atoms with van der Waals surface area (Å²) in [5.41, 5.74) is 1.11. The van der Waals surface area contributed by atoms with Crippen molar-refractivity contribution in [2.24, 2.45) is 0 Å². The van der Waals surface area contributed by atoms with E-state index in [1.807, 2.05) is 42.5 Å². The van der Waals surface area contributed by atoms with Crippen LogP contribution in [0, 0.1) is 0 Å². The van der Waals surface area contributed by atoms with Crippen LogP contribution >= 0.6 is 27.7 Å². The molecule has 3 rings (SSSR count). The molecular weight excluding hydrogens is 402 g/mol. The monoisotopic (exact) mass is 421 g/mol. The van der Waals surface area contributed by atoms with Crippen LogP contribution in [0.4, 0.5) is 0 Å². The lowest BCUT2D eigenvalue weighted by Crippen LogP contribution is -2.29. The van der Waals surface area contributed by atoms with Crippen LogP contribution in [0.1, 0.15) is 24.9 Å². The van der Waals surface area contributed by atoms with Gasteiger partial charge < -0.3 is 14.8 Å². The molecule has 0 spiro atoms. The van der Waals surface area contributed by atoms with Crippen LogP contribution in [0.3, 0.4) is 0 Å². The number of halogens is 1. The number of hydrogen-bond donors (Lipinski definition) is 1. The van der Waals surface area contributed by atoms with Crippen LogP contribution in [0.5, 0.6) is 11.5 Å². The molecule has 132 valence electrons. The number of hydrogen-bond acceptors (Lipinski definition) is 4. The fourth-order valence-electron chi connectivity index (χ4n) is 2.61. The van der Waals surface area contributed by atoms with Crippen LogP contribution in [0.2, 0.25) is 0 Å². The zero-order valence-electron chi connectivity index (χ0n) is 14.0. The molecule has 1 heterocycles. The van der Waals surface area contributed by atoms with E-state index in [0.717, 1.165) is 32.9 Å². The van der Waals surface area contributed by atoms with Gasteiger partial charge in [-0.2, -0.15) is 0 Å². The first-order chi connectivity index (χ1) is 12.2. The fourth-order valence-corrected chi connectivity index (χ4v) is 3.61. The Kier molecular flexibility index (Phi) is 6.26. The van der Waals surface area contributed by atoms with Gasteiger partial charge in [-0.1, -0.05) is 35.0 Å². The largest absolute Gasteiger partial charge is 0.486 e. The minimum atomic E-state index is 0.0228. The molecule has 1 N–H and O–H groups in total. The summed E-state index contributed by atoms with van der Waals surface area (Å²) < 4.78 is 12.1. The number of thioether (sulfide) groups is 1. The van der Waals surface area contributed by atoms with Gasteiger partial charge in [0.05, 0.1) is 11.8 Å². The van der Waals surface area contributed by atoms with Crippen molar-refractivity contribution < 1.29 is 14.3 Å². The molecule has 1 aliphatic rings. The molecule has 4 nitrogen and oxygen atoms in total. The number of fused-ring (bicyclic) bond motifs is 1. The van der Waals surface area contributed by atoms with Crippen molar-refractivity contribution in [3.8, 4) is 11.5 Å². The average molecular weight is 422 g/mol. The minimum Gasteiger partial charge on any atom is -0.486 e. The van der Waals surface area contributed by atoms with E-state index in [0.29, 0.717) is 19.0 Å². The van der Waals surface area contributed by atoms with E-state index in [-0.39, 0.29) is 11.9 Å². The summed E-state index contributed by atoms with van der Waals surface area (Å²) in [5, 5.41) is 3.10. The van der Waals surface area contributed by atoms with Crippen molar-refractivity contribution >= 4 is 33.6 Å². The van der Waals surface area contributed by atoms with Crippen LogP contribution in [0.25, 0.3) is 0 Å². The van der Waals surface area contributed by atoms with Gasteiger partial charge >= 0.3 is 0 Å². The summed E-state index contributed by atoms with van der Waals surface area (Å²) in [6.45, 7) is 3.21. The number of carbonyl (C=O) groups excluding carboxylic acids is 1. The molecule has 0 radical (unpaired) electrons. The molecule has 0 bridgehead atoms. The van der Waals surface area contributed by atoms with Crippen molar-refractivity contribution in [2.45, 2.75) is 24.3 Å². The quantitative estimate of drug-likeness (QED) is 0.693. The van der Waals surface area contributed by atoms with Gasteiger partial charge in [0.15, 0.2) is 11.5 Å². The summed E-state index contributed by atoms with van der Waals surface area (Å²) in [6.07, 6.45) is 0.849. The zero-order chi connectivity index (χ0) is 17.6. The lowest BCUT2D eigenvalue weighted by atomic mass is 10.0. The first kappa shape index (κ1) is 18.1. The third kappa shape index (κ3) is 4.92. The number of ether oxygens (including phenoxy) is 2. The van der Waals surface area contributed by atoms with E-state index < -0.39 is 0 Å². The van der Waals surface area contributed by atoms with E-state index in [1.165, 1.54) is 11.8 Å². The zero-order valence-corrected chi connectivity index (χ0v) is 16.4. The second-order valence-corrected chi connectivity index (χ2v) is 7.64. The van der Waals surface area contributed by atoms with E-state index in [2.05, 4.69) is 28.2 Å². The van der Waals surface area contributed by atoms with Gasteiger partial charge in [-0.05, 0) is 42.3 Å². The van der Waals surface area contributed by atoms with Crippen LogP contribution < -0.4 is 14.8 Å². The Morgan fingerprint density at radius 1 is 1.16 bits per heavy atom. The summed E-state index contributed by atoms with van der Waals surface area (Å²) in [5.74, 6) is 1.90. The molecule has 1 atom stereocenters. The molecule has 0 saturated carbocycles. The fraction of sp³-hybridized carbons (Fsp3) is 0.316. The van der Waals surface area contributed by atoms with E-state index >= 15 is 0 Å². The molecule has 2 aromatic rings. The summed E-state index contributed by atoms with van der Waals surface area (Å²) in [4.78, 5) is 13.3. The molecule has 0 saturated heterocycles. The third-order valence-corrected chi connectivity index (χ3v) is 5.42. The van der Waals surface area contributed by atoms with Crippen molar-refractivity contribution in [2.75, 3.05) is 19.0 Å². The van der Waals surface area contributed by atoms with Gasteiger partial charge in [0.2, 0.25) is 5.91 Å².